The van der Waals surface area contributed by atoms with E-state index in [-0.39, 0.29) is 0 Å². The molecule has 0 unspecified atom stereocenters. The van der Waals surface area contributed by atoms with E-state index in [2.05, 4.69) is 27.4 Å². The highest BCUT2D eigenvalue weighted by atomic mass is 35.5. The smallest absolute Gasteiger partial charge is 0.191 e. The fourth-order valence-electron chi connectivity index (χ4n) is 2.43. The molecule has 0 fully saturated rings. The summed E-state index contributed by atoms with van der Waals surface area (Å²) in [6.45, 7) is 4.52. The van der Waals surface area contributed by atoms with Crippen molar-refractivity contribution in [2.75, 3.05) is 0 Å². The molecule has 0 radical (unpaired) electrons. The minimum atomic E-state index is 0.674. The van der Waals surface area contributed by atoms with Gasteiger partial charge in [0.05, 0.1) is 0 Å². The highest BCUT2D eigenvalue weighted by Crippen LogP contribution is 2.24. The molecular formula is C19H17Cl2N3S. The first kappa shape index (κ1) is 18.1. The van der Waals surface area contributed by atoms with Gasteiger partial charge in [0, 0.05) is 28.8 Å². The molecule has 0 saturated carbocycles. The molecule has 0 aliphatic heterocycles. The van der Waals surface area contributed by atoms with Crippen LogP contribution in [0.4, 0.5) is 0 Å². The van der Waals surface area contributed by atoms with Gasteiger partial charge in [-0.2, -0.15) is 0 Å². The Morgan fingerprint density at radius 1 is 1.00 bits per heavy atom. The average molecular weight is 390 g/mol. The Kier molecular flexibility index (Phi) is 6.19. The molecule has 3 rings (SSSR count). The summed E-state index contributed by atoms with van der Waals surface area (Å²) >= 11 is 13.6. The van der Waals surface area contributed by atoms with E-state index in [1.807, 2.05) is 48.5 Å². The van der Waals surface area contributed by atoms with Gasteiger partial charge in [0.2, 0.25) is 0 Å². The molecule has 0 saturated heterocycles. The van der Waals surface area contributed by atoms with Crippen LogP contribution in [0.25, 0.3) is 0 Å². The summed E-state index contributed by atoms with van der Waals surface area (Å²) in [7, 11) is 0. The van der Waals surface area contributed by atoms with Crippen LogP contribution < -0.4 is 0 Å². The highest BCUT2D eigenvalue weighted by molar-refractivity contribution is 7.98. The molecule has 2 aromatic carbocycles. The van der Waals surface area contributed by atoms with Gasteiger partial charge < -0.3 is 4.57 Å². The Hall–Kier alpha value is -1.75. The molecular weight excluding hydrogens is 373 g/mol. The van der Waals surface area contributed by atoms with Crippen LogP contribution in [0.3, 0.4) is 0 Å². The summed E-state index contributed by atoms with van der Waals surface area (Å²) in [6.07, 6.45) is 2.56. The van der Waals surface area contributed by atoms with Gasteiger partial charge >= 0.3 is 0 Å². The fourth-order valence-corrected chi connectivity index (χ4v) is 3.68. The van der Waals surface area contributed by atoms with Crippen molar-refractivity contribution < 1.29 is 0 Å². The summed E-state index contributed by atoms with van der Waals surface area (Å²) < 4.78 is 2.09. The summed E-state index contributed by atoms with van der Waals surface area (Å²) in [5.74, 6) is 1.70. The number of hydrogen-bond acceptors (Lipinski definition) is 3. The van der Waals surface area contributed by atoms with Gasteiger partial charge in [-0.3, -0.25) is 0 Å². The third-order valence-corrected chi connectivity index (χ3v) is 5.16. The minimum absolute atomic E-state index is 0.674. The topological polar surface area (TPSA) is 30.7 Å². The van der Waals surface area contributed by atoms with Crippen molar-refractivity contribution in [3.05, 3.63) is 88.2 Å². The SMILES string of the molecule is C=CCn1c(Cc2ccc(Cl)cc2)nnc1SCc1cccc(Cl)c1. The van der Waals surface area contributed by atoms with Crippen LogP contribution in [0.15, 0.2) is 66.3 Å². The molecule has 25 heavy (non-hydrogen) atoms. The lowest BCUT2D eigenvalue weighted by Crippen LogP contribution is -2.04. The average Bonchev–Trinajstić information content (AvgIpc) is 2.97. The third kappa shape index (κ3) is 4.88. The number of allylic oxidation sites excluding steroid dienone is 1. The third-order valence-electron chi connectivity index (χ3n) is 3.64. The molecule has 3 aromatic rings. The second kappa shape index (κ2) is 8.56. The second-order valence-electron chi connectivity index (χ2n) is 5.52. The van der Waals surface area contributed by atoms with Gasteiger partial charge in [-0.15, -0.1) is 16.8 Å². The molecule has 0 aliphatic carbocycles. The summed E-state index contributed by atoms with van der Waals surface area (Å²) in [4.78, 5) is 0. The lowest BCUT2D eigenvalue weighted by molar-refractivity contribution is 0.690. The van der Waals surface area contributed by atoms with E-state index in [9.17, 15) is 0 Å². The van der Waals surface area contributed by atoms with Crippen LogP contribution in [0.5, 0.6) is 0 Å². The molecule has 0 N–H and O–H groups in total. The second-order valence-corrected chi connectivity index (χ2v) is 7.34. The van der Waals surface area contributed by atoms with Crippen LogP contribution in [0.1, 0.15) is 17.0 Å². The Labute approximate surface area is 161 Å². The molecule has 0 atom stereocenters. The Balaban J connectivity index is 1.76. The molecule has 0 amide bonds. The number of hydrogen-bond donors (Lipinski definition) is 0. The summed E-state index contributed by atoms with van der Waals surface area (Å²) in [5.41, 5.74) is 2.30. The van der Waals surface area contributed by atoms with Crippen LogP contribution in [0, 0.1) is 0 Å². The first-order chi connectivity index (χ1) is 12.2. The van der Waals surface area contributed by atoms with E-state index >= 15 is 0 Å². The van der Waals surface area contributed by atoms with Crippen LogP contribution in [-0.2, 0) is 18.7 Å². The van der Waals surface area contributed by atoms with Gasteiger partial charge in [0.25, 0.3) is 0 Å². The lowest BCUT2D eigenvalue weighted by Gasteiger charge is -2.08. The van der Waals surface area contributed by atoms with E-state index in [4.69, 9.17) is 23.2 Å². The Morgan fingerprint density at radius 3 is 2.52 bits per heavy atom. The quantitative estimate of drug-likeness (QED) is 0.386. The van der Waals surface area contributed by atoms with E-state index in [1.54, 1.807) is 11.8 Å². The number of aromatic nitrogens is 3. The van der Waals surface area contributed by atoms with Crippen molar-refractivity contribution in [2.24, 2.45) is 0 Å². The first-order valence-electron chi connectivity index (χ1n) is 7.80. The lowest BCUT2D eigenvalue weighted by atomic mass is 10.1. The van der Waals surface area contributed by atoms with Crippen molar-refractivity contribution in [2.45, 2.75) is 23.9 Å². The molecule has 1 aromatic heterocycles. The van der Waals surface area contributed by atoms with E-state index in [0.717, 1.165) is 37.9 Å². The maximum atomic E-state index is 6.05. The number of rotatable bonds is 7. The Morgan fingerprint density at radius 2 is 1.80 bits per heavy atom. The van der Waals surface area contributed by atoms with E-state index < -0.39 is 0 Å². The molecule has 0 aliphatic rings. The maximum Gasteiger partial charge on any atom is 0.191 e. The van der Waals surface area contributed by atoms with Gasteiger partial charge in [-0.05, 0) is 35.4 Å². The number of halogens is 2. The van der Waals surface area contributed by atoms with Crippen molar-refractivity contribution in [1.82, 2.24) is 14.8 Å². The molecule has 128 valence electrons. The van der Waals surface area contributed by atoms with Crippen LogP contribution >= 0.6 is 35.0 Å². The zero-order valence-corrected chi connectivity index (χ0v) is 15.9. The molecule has 6 heteroatoms. The van der Waals surface area contributed by atoms with Gasteiger partial charge in [-0.1, -0.05) is 65.3 Å². The van der Waals surface area contributed by atoms with Crippen molar-refractivity contribution in [3.8, 4) is 0 Å². The van der Waals surface area contributed by atoms with Crippen molar-refractivity contribution in [1.29, 1.82) is 0 Å². The molecule has 0 bridgehead atoms. The number of thioether (sulfide) groups is 1. The van der Waals surface area contributed by atoms with Gasteiger partial charge in [0.15, 0.2) is 5.16 Å². The predicted octanol–water partition coefficient (Wildman–Crippen LogP) is 5.65. The van der Waals surface area contributed by atoms with Gasteiger partial charge in [-0.25, -0.2) is 0 Å². The Bertz CT molecular complexity index is 859. The monoisotopic (exact) mass is 389 g/mol. The zero-order valence-electron chi connectivity index (χ0n) is 13.5. The summed E-state index contributed by atoms with van der Waals surface area (Å²) in [6, 6.07) is 15.7. The molecule has 1 heterocycles. The van der Waals surface area contributed by atoms with E-state index in [0.29, 0.717) is 13.0 Å². The van der Waals surface area contributed by atoms with E-state index in [1.165, 1.54) is 0 Å². The molecule has 3 nitrogen and oxygen atoms in total. The van der Waals surface area contributed by atoms with Crippen LogP contribution in [0.2, 0.25) is 10.0 Å². The standard InChI is InChI=1S/C19H17Cl2N3S/c1-2-10-24-18(12-14-6-8-16(20)9-7-14)22-23-19(24)25-13-15-4-3-5-17(21)11-15/h2-9,11H,1,10,12-13H2. The number of benzene rings is 2. The fraction of sp³-hybridized carbons (Fsp3) is 0.158. The first-order valence-corrected chi connectivity index (χ1v) is 9.54. The zero-order chi connectivity index (χ0) is 17.6. The largest absolute Gasteiger partial charge is 0.302 e. The number of nitrogens with zero attached hydrogens (tertiary/aromatic N) is 3. The minimum Gasteiger partial charge on any atom is -0.302 e. The van der Waals surface area contributed by atoms with Crippen molar-refractivity contribution >= 4 is 35.0 Å². The van der Waals surface area contributed by atoms with Crippen molar-refractivity contribution in [3.63, 3.8) is 0 Å². The highest BCUT2D eigenvalue weighted by Gasteiger charge is 2.12. The maximum absolute atomic E-state index is 6.05. The summed E-state index contributed by atoms with van der Waals surface area (Å²) in [5, 5.41) is 11.1. The molecule has 0 spiro atoms. The van der Waals surface area contributed by atoms with Gasteiger partial charge in [0.1, 0.15) is 5.82 Å². The van der Waals surface area contributed by atoms with Crippen LogP contribution in [-0.4, -0.2) is 14.8 Å². The predicted molar refractivity (Wildman–Crippen MR) is 105 cm³/mol. The normalized spacial score (nSPS) is 10.8.